The summed E-state index contributed by atoms with van der Waals surface area (Å²) in [4.78, 5) is 33.3. The monoisotopic (exact) mass is 584 g/mol. The van der Waals surface area contributed by atoms with Crippen LogP contribution < -0.4 is 4.74 Å². The van der Waals surface area contributed by atoms with Gasteiger partial charge in [0.25, 0.3) is 0 Å². The van der Waals surface area contributed by atoms with Gasteiger partial charge < -0.3 is 19.1 Å². The average molecular weight is 585 g/mol. The number of hydrogen-bond acceptors (Lipinski definition) is 6. The number of benzene rings is 2. The standard InChI is InChI=1S/C33H45ClN2O5/c1-9-22(20-25-24-14-12-13-15-27(24)40-28-17-16-23(34)21-26(28)35-25)18-19-36(31(38)41-32(4,5)6)29(10-2)33(7,8)30(37)39-11-3/h12-17,21-22,29H,9-11,18-20H2,1-8H3/t22?,29-/m1/s1. The second kappa shape index (κ2) is 13.7. The minimum absolute atomic E-state index is 0.204. The highest BCUT2D eigenvalue weighted by molar-refractivity contribution is 6.31. The van der Waals surface area contributed by atoms with Crippen LogP contribution in [0.25, 0.3) is 0 Å². The van der Waals surface area contributed by atoms with Crippen molar-refractivity contribution in [2.24, 2.45) is 16.3 Å². The first-order chi connectivity index (χ1) is 19.3. The van der Waals surface area contributed by atoms with E-state index >= 15 is 0 Å². The highest BCUT2D eigenvalue weighted by atomic mass is 35.5. The smallest absolute Gasteiger partial charge is 0.410 e. The first-order valence-electron chi connectivity index (χ1n) is 14.6. The lowest BCUT2D eigenvalue weighted by atomic mass is 9.81. The molecule has 41 heavy (non-hydrogen) atoms. The van der Waals surface area contributed by atoms with Crippen LogP contribution in [0.4, 0.5) is 10.5 Å². The van der Waals surface area contributed by atoms with E-state index in [4.69, 9.17) is 30.8 Å². The van der Waals surface area contributed by atoms with Crippen LogP contribution in [-0.4, -0.2) is 47.5 Å². The topological polar surface area (TPSA) is 77.4 Å². The molecule has 3 rings (SSSR count). The van der Waals surface area contributed by atoms with Crippen LogP contribution in [0, 0.1) is 11.3 Å². The summed E-state index contributed by atoms with van der Waals surface area (Å²) in [5, 5.41) is 0.594. The van der Waals surface area contributed by atoms with Gasteiger partial charge in [0.1, 0.15) is 17.0 Å². The largest absolute Gasteiger partial charge is 0.466 e. The molecule has 0 saturated heterocycles. The van der Waals surface area contributed by atoms with E-state index in [9.17, 15) is 9.59 Å². The maximum absolute atomic E-state index is 13.6. The third-order valence-electron chi connectivity index (χ3n) is 7.46. The van der Waals surface area contributed by atoms with Crippen LogP contribution in [0.5, 0.6) is 11.5 Å². The third-order valence-corrected chi connectivity index (χ3v) is 7.69. The molecule has 0 saturated carbocycles. The lowest BCUT2D eigenvalue weighted by molar-refractivity contribution is -0.157. The van der Waals surface area contributed by atoms with Crippen LogP contribution in [-0.2, 0) is 14.3 Å². The van der Waals surface area contributed by atoms with E-state index in [1.54, 1.807) is 17.9 Å². The van der Waals surface area contributed by atoms with Gasteiger partial charge in [-0.3, -0.25) is 4.79 Å². The molecule has 0 fully saturated rings. The van der Waals surface area contributed by atoms with Gasteiger partial charge in [0, 0.05) is 17.1 Å². The summed E-state index contributed by atoms with van der Waals surface area (Å²) < 4.78 is 17.4. The van der Waals surface area contributed by atoms with E-state index in [1.807, 2.05) is 77.9 Å². The van der Waals surface area contributed by atoms with Gasteiger partial charge in [0.2, 0.25) is 0 Å². The number of rotatable bonds is 11. The molecule has 0 spiro atoms. The van der Waals surface area contributed by atoms with Gasteiger partial charge in [0.15, 0.2) is 5.75 Å². The highest BCUT2D eigenvalue weighted by Crippen LogP contribution is 2.40. The number of amides is 1. The Morgan fingerprint density at radius 3 is 2.34 bits per heavy atom. The number of para-hydroxylation sites is 1. The van der Waals surface area contributed by atoms with Crippen molar-refractivity contribution in [1.29, 1.82) is 0 Å². The zero-order valence-corrected chi connectivity index (χ0v) is 26.5. The van der Waals surface area contributed by atoms with Crippen molar-refractivity contribution in [2.75, 3.05) is 13.2 Å². The predicted octanol–water partition coefficient (Wildman–Crippen LogP) is 8.98. The van der Waals surface area contributed by atoms with Gasteiger partial charge >= 0.3 is 12.1 Å². The zero-order valence-electron chi connectivity index (χ0n) is 25.8. The second-order valence-electron chi connectivity index (χ2n) is 12.1. The Hall–Kier alpha value is -3.06. The van der Waals surface area contributed by atoms with Crippen molar-refractivity contribution in [1.82, 2.24) is 4.90 Å². The Balaban J connectivity index is 1.91. The fourth-order valence-electron chi connectivity index (χ4n) is 5.25. The molecule has 1 unspecified atom stereocenters. The van der Waals surface area contributed by atoms with Crippen LogP contribution >= 0.6 is 11.6 Å². The molecular weight excluding hydrogens is 540 g/mol. The van der Waals surface area contributed by atoms with Gasteiger partial charge in [-0.2, -0.15) is 0 Å². The minimum Gasteiger partial charge on any atom is -0.466 e. The molecule has 224 valence electrons. The van der Waals surface area contributed by atoms with E-state index < -0.39 is 23.2 Å². The normalized spacial score (nSPS) is 14.4. The predicted molar refractivity (Wildman–Crippen MR) is 165 cm³/mol. The Morgan fingerprint density at radius 1 is 1.00 bits per heavy atom. The molecule has 1 aliphatic heterocycles. The number of nitrogens with zero attached hydrogens (tertiary/aromatic N) is 2. The molecule has 1 amide bonds. The molecule has 2 atom stereocenters. The van der Waals surface area contributed by atoms with E-state index in [1.165, 1.54) is 0 Å². The third kappa shape index (κ3) is 8.25. The van der Waals surface area contributed by atoms with Crippen LogP contribution in [0.15, 0.2) is 47.5 Å². The van der Waals surface area contributed by atoms with Crippen molar-refractivity contribution in [3.63, 3.8) is 0 Å². The first-order valence-corrected chi connectivity index (χ1v) is 15.0. The molecule has 2 aromatic rings. The minimum atomic E-state index is -0.909. The first kappa shape index (κ1) is 32.5. The Bertz CT molecular complexity index is 1250. The molecule has 0 N–H and O–H groups in total. The maximum atomic E-state index is 13.6. The SMILES string of the molecule is CCOC(=O)C(C)(C)[C@@H](CC)N(CCC(CC)CC1=Nc2cc(Cl)ccc2Oc2ccccc21)C(=O)OC(C)(C)C. The van der Waals surface area contributed by atoms with Gasteiger partial charge in [-0.25, -0.2) is 9.79 Å². The zero-order chi connectivity index (χ0) is 30.4. The average Bonchev–Trinajstić information content (AvgIpc) is 3.05. The van der Waals surface area contributed by atoms with Crippen LogP contribution in [0.3, 0.4) is 0 Å². The van der Waals surface area contributed by atoms with Crippen molar-refractivity contribution in [3.05, 3.63) is 53.1 Å². The molecule has 0 bridgehead atoms. The van der Waals surface area contributed by atoms with E-state index in [0.717, 1.165) is 23.4 Å². The van der Waals surface area contributed by atoms with E-state index in [0.29, 0.717) is 42.3 Å². The number of hydrogen-bond donors (Lipinski definition) is 0. The fraction of sp³-hybridized carbons (Fsp3) is 0.545. The lowest BCUT2D eigenvalue weighted by Crippen LogP contribution is -2.53. The number of ether oxygens (including phenoxy) is 3. The molecule has 0 radical (unpaired) electrons. The highest BCUT2D eigenvalue weighted by Gasteiger charge is 2.43. The summed E-state index contributed by atoms with van der Waals surface area (Å²) in [6, 6.07) is 13.0. The summed E-state index contributed by atoms with van der Waals surface area (Å²) in [5.74, 6) is 1.29. The van der Waals surface area contributed by atoms with Crippen molar-refractivity contribution in [3.8, 4) is 11.5 Å². The summed E-state index contributed by atoms with van der Waals surface area (Å²) in [5.41, 5.74) is 0.970. The van der Waals surface area contributed by atoms with Crippen molar-refractivity contribution >= 4 is 35.1 Å². The Kier molecular flexibility index (Phi) is 10.9. The van der Waals surface area contributed by atoms with Gasteiger partial charge in [-0.1, -0.05) is 44.0 Å². The molecule has 0 aromatic heterocycles. The summed E-state index contributed by atoms with van der Waals surface area (Å²) >= 11 is 6.30. The summed E-state index contributed by atoms with van der Waals surface area (Å²) in [6.07, 6.45) is 2.42. The molecular formula is C33H45ClN2O5. The number of carbonyl (C=O) groups is 2. The summed E-state index contributed by atoms with van der Waals surface area (Å²) in [6.45, 7) is 15.9. The van der Waals surface area contributed by atoms with Gasteiger partial charge in [-0.05, 0) is 97.1 Å². The maximum Gasteiger partial charge on any atom is 0.410 e. The fourth-order valence-corrected chi connectivity index (χ4v) is 5.42. The Morgan fingerprint density at radius 2 is 1.71 bits per heavy atom. The molecule has 1 heterocycles. The second-order valence-corrected chi connectivity index (χ2v) is 12.5. The molecule has 1 aliphatic rings. The number of aliphatic imine (C=N–C) groups is 1. The summed E-state index contributed by atoms with van der Waals surface area (Å²) in [7, 11) is 0. The quantitative estimate of drug-likeness (QED) is 0.246. The van der Waals surface area contributed by atoms with Crippen LogP contribution in [0.1, 0.15) is 86.6 Å². The van der Waals surface area contributed by atoms with Crippen molar-refractivity contribution in [2.45, 2.75) is 92.7 Å². The van der Waals surface area contributed by atoms with E-state index in [-0.39, 0.29) is 18.5 Å². The number of fused-ring (bicyclic) bond motifs is 2. The lowest BCUT2D eigenvalue weighted by Gasteiger charge is -2.41. The van der Waals surface area contributed by atoms with Gasteiger partial charge in [0.05, 0.1) is 23.8 Å². The number of carbonyl (C=O) groups excluding carboxylic acids is 2. The van der Waals surface area contributed by atoms with E-state index in [2.05, 4.69) is 6.92 Å². The number of esters is 1. The van der Waals surface area contributed by atoms with Gasteiger partial charge in [-0.15, -0.1) is 0 Å². The molecule has 8 heteroatoms. The van der Waals surface area contributed by atoms with Crippen molar-refractivity contribution < 1.29 is 23.8 Å². The van der Waals surface area contributed by atoms with Crippen LogP contribution in [0.2, 0.25) is 5.02 Å². The Labute approximate surface area is 250 Å². The molecule has 0 aliphatic carbocycles. The molecule has 2 aromatic carbocycles. The molecule has 7 nitrogen and oxygen atoms in total. The number of halogens is 1.